The van der Waals surface area contributed by atoms with E-state index in [0.29, 0.717) is 5.92 Å². The van der Waals surface area contributed by atoms with Crippen LogP contribution in [0.2, 0.25) is 0 Å². The minimum Gasteiger partial charge on any atom is -0.381 e. The van der Waals surface area contributed by atoms with Crippen molar-refractivity contribution in [3.63, 3.8) is 0 Å². The number of rotatable bonds is 3. The Bertz CT molecular complexity index is 575. The molecule has 0 amide bonds. The fraction of sp³-hybridized carbons (Fsp3) is 0.625. The predicted molar refractivity (Wildman–Crippen MR) is 80.0 cm³/mol. The summed E-state index contributed by atoms with van der Waals surface area (Å²) in [6.07, 6.45) is 6.00. The van der Waals surface area contributed by atoms with Gasteiger partial charge in [0.2, 0.25) is 0 Å². The molecule has 1 fully saturated rings. The first kappa shape index (κ1) is 14.3. The summed E-state index contributed by atoms with van der Waals surface area (Å²) in [5.74, 6) is 2.49. The molecule has 3 rings (SSSR count). The molecule has 0 aromatic carbocycles. The molecule has 0 N–H and O–H groups in total. The maximum absolute atomic E-state index is 5.45. The number of ether oxygens (including phenoxy) is 1. The maximum atomic E-state index is 5.45. The highest BCUT2D eigenvalue weighted by Crippen LogP contribution is 2.28. The van der Waals surface area contributed by atoms with Gasteiger partial charge in [-0.15, -0.1) is 0 Å². The molecule has 2 aromatic heterocycles. The molecule has 0 bridgehead atoms. The molecule has 114 valence electrons. The highest BCUT2D eigenvalue weighted by Gasteiger charge is 2.25. The Morgan fingerprint density at radius 3 is 2.67 bits per heavy atom. The normalized spacial score (nSPS) is 17.3. The van der Waals surface area contributed by atoms with E-state index >= 15 is 0 Å². The molecule has 0 spiro atoms. The van der Waals surface area contributed by atoms with E-state index in [1.165, 1.54) is 0 Å². The van der Waals surface area contributed by atoms with Crippen molar-refractivity contribution in [3.8, 4) is 11.5 Å². The molecule has 2 aromatic rings. The van der Waals surface area contributed by atoms with Gasteiger partial charge in [-0.25, -0.2) is 4.98 Å². The van der Waals surface area contributed by atoms with Gasteiger partial charge in [0.1, 0.15) is 11.5 Å². The second-order valence-corrected chi connectivity index (χ2v) is 6.78. The van der Waals surface area contributed by atoms with Crippen LogP contribution in [0.25, 0.3) is 11.5 Å². The third-order valence-electron chi connectivity index (χ3n) is 3.93. The molecule has 0 saturated carbocycles. The summed E-state index contributed by atoms with van der Waals surface area (Å²) in [5.41, 5.74) is 0.869. The van der Waals surface area contributed by atoms with Crippen LogP contribution < -0.4 is 0 Å². The second-order valence-electron chi connectivity index (χ2n) is 6.78. The van der Waals surface area contributed by atoms with Gasteiger partial charge in [0.05, 0.1) is 6.20 Å². The van der Waals surface area contributed by atoms with Gasteiger partial charge < -0.3 is 13.8 Å². The lowest BCUT2D eigenvalue weighted by Gasteiger charge is -2.25. The van der Waals surface area contributed by atoms with Crippen molar-refractivity contribution in [1.82, 2.24) is 14.7 Å². The summed E-state index contributed by atoms with van der Waals surface area (Å²) in [6.45, 7) is 9.33. The highest BCUT2D eigenvalue weighted by molar-refractivity contribution is 5.50. The average molecular weight is 289 g/mol. The summed E-state index contributed by atoms with van der Waals surface area (Å²) in [6, 6.07) is 1.85. The Morgan fingerprint density at radius 1 is 1.29 bits per heavy atom. The molecule has 1 saturated heterocycles. The Hall–Kier alpha value is -1.62. The summed E-state index contributed by atoms with van der Waals surface area (Å²) >= 11 is 0. The van der Waals surface area contributed by atoms with Crippen molar-refractivity contribution < 1.29 is 9.26 Å². The van der Waals surface area contributed by atoms with Gasteiger partial charge in [0, 0.05) is 37.4 Å². The molecular formula is C16H23N3O2. The van der Waals surface area contributed by atoms with Crippen molar-refractivity contribution in [2.75, 3.05) is 13.2 Å². The van der Waals surface area contributed by atoms with E-state index in [-0.39, 0.29) is 5.41 Å². The molecule has 0 aliphatic carbocycles. The molecule has 5 heteroatoms. The Balaban J connectivity index is 1.89. The number of hydrogen-bond donors (Lipinski definition) is 0. The first-order valence-electron chi connectivity index (χ1n) is 7.60. The molecular weight excluding hydrogens is 266 g/mol. The zero-order chi connectivity index (χ0) is 14.9. The topological polar surface area (TPSA) is 53.1 Å². The van der Waals surface area contributed by atoms with Crippen LogP contribution in [0.3, 0.4) is 0 Å². The predicted octanol–water partition coefficient (Wildman–Crippen LogP) is 3.26. The number of aromatic nitrogens is 3. The standard InChI is InChI=1S/C16H23N3O2/c1-16(2,3)15-18-13(14-4-7-17-21-14)11-19(15)10-12-5-8-20-9-6-12/h4,7,11-12H,5-6,8-10H2,1-3H3. The largest absolute Gasteiger partial charge is 0.381 e. The van der Waals surface area contributed by atoms with Crippen molar-refractivity contribution >= 4 is 0 Å². The highest BCUT2D eigenvalue weighted by atomic mass is 16.5. The van der Waals surface area contributed by atoms with Gasteiger partial charge in [-0.1, -0.05) is 25.9 Å². The van der Waals surface area contributed by atoms with Crippen molar-refractivity contribution in [1.29, 1.82) is 0 Å². The van der Waals surface area contributed by atoms with E-state index in [9.17, 15) is 0 Å². The van der Waals surface area contributed by atoms with Gasteiger partial charge in [-0.05, 0) is 18.8 Å². The Morgan fingerprint density at radius 2 is 2.05 bits per heavy atom. The Kier molecular flexibility index (Phi) is 3.85. The Labute approximate surface area is 125 Å². The first-order valence-corrected chi connectivity index (χ1v) is 7.60. The third-order valence-corrected chi connectivity index (χ3v) is 3.93. The van der Waals surface area contributed by atoms with Crippen LogP contribution in [-0.4, -0.2) is 27.9 Å². The smallest absolute Gasteiger partial charge is 0.186 e. The van der Waals surface area contributed by atoms with Gasteiger partial charge in [0.25, 0.3) is 0 Å². The van der Waals surface area contributed by atoms with Gasteiger partial charge in [-0.2, -0.15) is 0 Å². The molecule has 1 aliphatic rings. The summed E-state index contributed by atoms with van der Waals surface area (Å²) in [4.78, 5) is 4.79. The zero-order valence-electron chi connectivity index (χ0n) is 13.0. The summed E-state index contributed by atoms with van der Waals surface area (Å²) in [7, 11) is 0. The fourth-order valence-electron chi connectivity index (χ4n) is 2.83. The fourth-order valence-corrected chi connectivity index (χ4v) is 2.83. The number of hydrogen-bond acceptors (Lipinski definition) is 4. The van der Waals surface area contributed by atoms with Gasteiger partial charge in [0.15, 0.2) is 5.76 Å². The lowest BCUT2D eigenvalue weighted by atomic mass is 9.94. The molecule has 5 nitrogen and oxygen atoms in total. The van der Waals surface area contributed by atoms with E-state index in [2.05, 4.69) is 36.7 Å². The van der Waals surface area contributed by atoms with Crippen LogP contribution in [0.15, 0.2) is 23.0 Å². The second kappa shape index (κ2) is 5.64. The molecule has 0 atom stereocenters. The van der Waals surface area contributed by atoms with Crippen molar-refractivity contribution in [3.05, 3.63) is 24.3 Å². The SMILES string of the molecule is CC(C)(C)c1nc(-c2ccno2)cn1CC1CCOCC1. The van der Waals surface area contributed by atoms with Gasteiger partial charge in [-0.3, -0.25) is 0 Å². The minimum absolute atomic E-state index is 0.00341. The average Bonchev–Trinajstić information content (AvgIpc) is 3.07. The molecule has 0 unspecified atom stereocenters. The van der Waals surface area contributed by atoms with Crippen LogP contribution in [0.5, 0.6) is 0 Å². The van der Waals surface area contributed by atoms with E-state index in [1.807, 2.05) is 6.07 Å². The van der Waals surface area contributed by atoms with Crippen molar-refractivity contribution in [2.45, 2.75) is 45.6 Å². The minimum atomic E-state index is 0.00341. The zero-order valence-corrected chi connectivity index (χ0v) is 13.0. The molecule has 21 heavy (non-hydrogen) atoms. The lowest BCUT2D eigenvalue weighted by molar-refractivity contribution is 0.0607. The van der Waals surface area contributed by atoms with Gasteiger partial charge >= 0.3 is 0 Å². The van der Waals surface area contributed by atoms with E-state index in [0.717, 1.165) is 49.9 Å². The van der Waals surface area contributed by atoms with E-state index in [4.69, 9.17) is 14.2 Å². The van der Waals surface area contributed by atoms with Crippen LogP contribution >= 0.6 is 0 Å². The molecule has 3 heterocycles. The molecule has 1 aliphatic heterocycles. The first-order chi connectivity index (χ1) is 10.0. The number of imidazole rings is 1. The quantitative estimate of drug-likeness (QED) is 0.870. The molecule has 0 radical (unpaired) electrons. The van der Waals surface area contributed by atoms with E-state index < -0.39 is 0 Å². The monoisotopic (exact) mass is 289 g/mol. The van der Waals surface area contributed by atoms with Crippen LogP contribution in [0.4, 0.5) is 0 Å². The summed E-state index contributed by atoms with van der Waals surface area (Å²) < 4.78 is 13.0. The third kappa shape index (κ3) is 3.18. The van der Waals surface area contributed by atoms with Crippen LogP contribution in [0.1, 0.15) is 39.4 Å². The summed E-state index contributed by atoms with van der Waals surface area (Å²) in [5, 5.41) is 3.77. The van der Waals surface area contributed by atoms with E-state index in [1.54, 1.807) is 6.20 Å². The lowest BCUT2D eigenvalue weighted by Crippen LogP contribution is -2.24. The van der Waals surface area contributed by atoms with Crippen LogP contribution in [-0.2, 0) is 16.7 Å². The maximum Gasteiger partial charge on any atom is 0.186 e. The van der Waals surface area contributed by atoms with Crippen LogP contribution in [0, 0.1) is 5.92 Å². The van der Waals surface area contributed by atoms with Crippen molar-refractivity contribution in [2.24, 2.45) is 5.92 Å². The number of nitrogens with zero attached hydrogens (tertiary/aromatic N) is 3.